The number of H-pyrrole nitrogens is 1. The van der Waals surface area contributed by atoms with Crippen LogP contribution in [0.25, 0.3) is 11.0 Å². The molecule has 2 N–H and O–H groups in total. The van der Waals surface area contributed by atoms with Gasteiger partial charge in [0.1, 0.15) is 11.2 Å². The minimum absolute atomic E-state index is 0.0836. The lowest BCUT2D eigenvalue weighted by molar-refractivity contribution is -0.149. The molecule has 4 aliphatic rings. The van der Waals surface area contributed by atoms with Crippen LogP contribution >= 0.6 is 0 Å². The van der Waals surface area contributed by atoms with Gasteiger partial charge in [0.2, 0.25) is 0 Å². The lowest BCUT2D eigenvalue weighted by Crippen LogP contribution is -2.59. The van der Waals surface area contributed by atoms with Crippen molar-refractivity contribution in [2.45, 2.75) is 50.7 Å². The van der Waals surface area contributed by atoms with Gasteiger partial charge in [-0.25, -0.2) is 9.78 Å². The van der Waals surface area contributed by atoms with E-state index >= 15 is 0 Å². The molecule has 0 amide bonds. The molecule has 0 radical (unpaired) electrons. The van der Waals surface area contributed by atoms with Crippen molar-refractivity contribution in [2.24, 2.45) is 17.8 Å². The smallest absolute Gasteiger partial charge is 0.341 e. The highest BCUT2D eigenvalue weighted by Crippen LogP contribution is 2.57. The van der Waals surface area contributed by atoms with Crippen molar-refractivity contribution >= 4 is 22.7 Å². The Morgan fingerprint density at radius 1 is 1.33 bits per heavy atom. The summed E-state index contributed by atoms with van der Waals surface area (Å²) in [6.07, 6.45) is 9.47. The van der Waals surface area contributed by atoms with Crippen LogP contribution in [0.15, 0.2) is 18.5 Å². The van der Waals surface area contributed by atoms with Crippen LogP contribution in [0.2, 0.25) is 0 Å². The molecule has 4 bridgehead atoms. The molecule has 2 aromatic rings. The van der Waals surface area contributed by atoms with Crippen LogP contribution in [0.4, 0.5) is 5.69 Å². The number of fused-ring (bicyclic) bond motifs is 1. The molecule has 27 heavy (non-hydrogen) atoms. The molecule has 6 nitrogen and oxygen atoms in total. The zero-order chi connectivity index (χ0) is 18.6. The normalized spacial score (nSPS) is 34.1. The molecular formula is C21H27N3O3. The van der Waals surface area contributed by atoms with Gasteiger partial charge in [-0.3, -0.25) is 0 Å². The van der Waals surface area contributed by atoms with Crippen molar-refractivity contribution < 1.29 is 14.3 Å². The highest BCUT2D eigenvalue weighted by molar-refractivity contribution is 6.04. The average Bonchev–Trinajstić information content (AvgIpc) is 3.13. The Labute approximate surface area is 159 Å². The molecule has 4 fully saturated rings. The third kappa shape index (κ3) is 2.64. The number of esters is 1. The molecule has 0 saturated heterocycles. The predicted molar refractivity (Wildman–Crippen MR) is 103 cm³/mol. The summed E-state index contributed by atoms with van der Waals surface area (Å²) in [5.41, 5.74) is 2.27. The molecule has 6 rings (SSSR count). The van der Waals surface area contributed by atoms with Gasteiger partial charge in [-0.1, -0.05) is 0 Å². The van der Waals surface area contributed by atoms with Crippen molar-refractivity contribution in [3.8, 4) is 0 Å². The molecule has 5 atom stereocenters. The van der Waals surface area contributed by atoms with Gasteiger partial charge < -0.3 is 19.8 Å². The van der Waals surface area contributed by atoms with E-state index in [1.165, 1.54) is 19.3 Å². The van der Waals surface area contributed by atoms with Gasteiger partial charge in [-0.15, -0.1) is 0 Å². The standard InChI is InChI=1S/C21H27N3O3/c1-3-27-20(25)16-11-23-19-15(4-5-22-19)18(16)24-17-13-6-12-7-14(17)10-21(8-12,9-13)26-2/h4-5,11-14,17H,3,6-10H2,1-2H3,(H2,22,23,24)/t12?,13-,14+,17?,21?. The Kier molecular flexibility index (Phi) is 3.93. The fourth-order valence-corrected chi connectivity index (χ4v) is 6.13. The largest absolute Gasteiger partial charge is 0.462 e. The number of hydrogen-bond acceptors (Lipinski definition) is 5. The summed E-state index contributed by atoms with van der Waals surface area (Å²) in [6, 6.07) is 2.36. The monoisotopic (exact) mass is 369 g/mol. The number of pyridine rings is 1. The Morgan fingerprint density at radius 3 is 2.81 bits per heavy atom. The predicted octanol–water partition coefficient (Wildman–Crippen LogP) is 3.75. The number of nitrogens with one attached hydrogen (secondary N) is 2. The molecule has 6 heteroatoms. The number of rotatable bonds is 5. The zero-order valence-corrected chi connectivity index (χ0v) is 16.0. The fraction of sp³-hybridized carbons (Fsp3) is 0.619. The number of hydrogen-bond donors (Lipinski definition) is 2. The summed E-state index contributed by atoms with van der Waals surface area (Å²) in [4.78, 5) is 20.1. The maximum absolute atomic E-state index is 12.5. The first-order chi connectivity index (χ1) is 13.1. The first kappa shape index (κ1) is 17.0. The third-order valence-electron chi connectivity index (χ3n) is 7.04. The summed E-state index contributed by atoms with van der Waals surface area (Å²) >= 11 is 0. The van der Waals surface area contributed by atoms with Gasteiger partial charge in [-0.05, 0) is 62.8 Å². The number of anilines is 1. The van der Waals surface area contributed by atoms with E-state index in [-0.39, 0.29) is 11.6 Å². The minimum atomic E-state index is -0.312. The van der Waals surface area contributed by atoms with Gasteiger partial charge in [-0.2, -0.15) is 0 Å². The molecule has 3 unspecified atom stereocenters. The summed E-state index contributed by atoms with van der Waals surface area (Å²) in [5.74, 6) is 1.66. The zero-order valence-electron chi connectivity index (χ0n) is 16.0. The van der Waals surface area contributed by atoms with E-state index in [1.807, 2.05) is 26.3 Å². The van der Waals surface area contributed by atoms with E-state index in [1.54, 1.807) is 6.20 Å². The van der Waals surface area contributed by atoms with Crippen LogP contribution in [0, 0.1) is 17.8 Å². The van der Waals surface area contributed by atoms with Gasteiger partial charge in [0.25, 0.3) is 0 Å². The van der Waals surface area contributed by atoms with E-state index in [4.69, 9.17) is 9.47 Å². The van der Waals surface area contributed by atoms with Crippen LogP contribution in [0.5, 0.6) is 0 Å². The Hall–Kier alpha value is -2.08. The molecule has 0 spiro atoms. The number of nitrogens with zero attached hydrogens (tertiary/aromatic N) is 1. The number of carbonyl (C=O) groups excluding carboxylic acids is 1. The van der Waals surface area contributed by atoms with Crippen molar-refractivity contribution in [2.75, 3.05) is 19.0 Å². The first-order valence-electron chi connectivity index (χ1n) is 10.1. The second-order valence-corrected chi connectivity index (χ2v) is 8.53. The molecule has 2 aromatic heterocycles. The summed E-state index contributed by atoms with van der Waals surface area (Å²) in [6.45, 7) is 2.19. The third-order valence-corrected chi connectivity index (χ3v) is 7.04. The molecule has 2 heterocycles. The number of aromatic amines is 1. The van der Waals surface area contributed by atoms with E-state index in [0.29, 0.717) is 30.0 Å². The van der Waals surface area contributed by atoms with Crippen LogP contribution in [-0.4, -0.2) is 41.3 Å². The van der Waals surface area contributed by atoms with E-state index in [2.05, 4.69) is 15.3 Å². The van der Waals surface area contributed by atoms with Gasteiger partial charge in [0.15, 0.2) is 0 Å². The van der Waals surface area contributed by atoms with E-state index in [9.17, 15) is 4.79 Å². The van der Waals surface area contributed by atoms with E-state index < -0.39 is 0 Å². The van der Waals surface area contributed by atoms with Crippen molar-refractivity contribution in [3.05, 3.63) is 24.0 Å². The summed E-state index contributed by atoms with van der Waals surface area (Å²) < 4.78 is 11.3. The molecule has 4 saturated carbocycles. The van der Waals surface area contributed by atoms with Crippen LogP contribution in [0.3, 0.4) is 0 Å². The van der Waals surface area contributed by atoms with Crippen molar-refractivity contribution in [1.82, 2.24) is 9.97 Å². The topological polar surface area (TPSA) is 76.2 Å². The molecule has 0 aliphatic heterocycles. The maximum Gasteiger partial charge on any atom is 0.341 e. The Morgan fingerprint density at radius 2 is 2.11 bits per heavy atom. The number of methoxy groups -OCH3 is 1. The van der Waals surface area contributed by atoms with Crippen LogP contribution in [0.1, 0.15) is 49.4 Å². The van der Waals surface area contributed by atoms with Gasteiger partial charge >= 0.3 is 5.97 Å². The second-order valence-electron chi connectivity index (χ2n) is 8.53. The number of ether oxygens (including phenoxy) is 2. The molecule has 4 aliphatic carbocycles. The Bertz CT molecular complexity index is 861. The highest BCUT2D eigenvalue weighted by atomic mass is 16.5. The lowest BCUT2D eigenvalue weighted by atomic mass is 9.52. The second kappa shape index (κ2) is 6.23. The minimum Gasteiger partial charge on any atom is -0.462 e. The molecule has 144 valence electrons. The highest BCUT2D eigenvalue weighted by Gasteiger charge is 2.55. The fourth-order valence-electron chi connectivity index (χ4n) is 6.13. The summed E-state index contributed by atoms with van der Waals surface area (Å²) in [7, 11) is 1.88. The Balaban J connectivity index is 1.51. The van der Waals surface area contributed by atoms with E-state index in [0.717, 1.165) is 35.5 Å². The van der Waals surface area contributed by atoms with Crippen molar-refractivity contribution in [1.29, 1.82) is 0 Å². The van der Waals surface area contributed by atoms with Crippen LogP contribution in [-0.2, 0) is 9.47 Å². The lowest BCUT2D eigenvalue weighted by Gasteiger charge is -2.59. The average molecular weight is 369 g/mol. The van der Waals surface area contributed by atoms with Crippen molar-refractivity contribution in [3.63, 3.8) is 0 Å². The summed E-state index contributed by atoms with van der Waals surface area (Å²) in [5, 5.41) is 4.74. The molecular weight excluding hydrogens is 342 g/mol. The number of aromatic nitrogens is 2. The molecule has 0 aromatic carbocycles. The maximum atomic E-state index is 12.5. The quantitative estimate of drug-likeness (QED) is 0.785. The SMILES string of the molecule is CCOC(=O)c1cnc2[nH]ccc2c1NC1[C@@H]2CC3C[C@H]1CC(OC)(C3)C2. The van der Waals surface area contributed by atoms with Gasteiger partial charge in [0, 0.05) is 30.9 Å². The first-order valence-corrected chi connectivity index (χ1v) is 10.1. The number of carbonyl (C=O) groups is 1. The van der Waals surface area contributed by atoms with Crippen LogP contribution < -0.4 is 5.32 Å². The van der Waals surface area contributed by atoms with Gasteiger partial charge in [0.05, 0.1) is 17.9 Å².